The molecule has 1 amide bonds. The number of piperazine rings is 1. The van der Waals surface area contributed by atoms with Crippen molar-refractivity contribution in [1.29, 1.82) is 0 Å². The minimum absolute atomic E-state index is 0.131. The number of quaternary nitrogens is 1. The molecule has 0 aromatic heterocycles. The molecule has 1 N–H and O–H groups in total. The summed E-state index contributed by atoms with van der Waals surface area (Å²) in [4.78, 5) is 16.2. The molecule has 29 heavy (non-hydrogen) atoms. The zero-order valence-electron chi connectivity index (χ0n) is 16.8. The number of hydrogen-bond acceptors (Lipinski definition) is 3. The Bertz CT molecular complexity index is 955. The standard InChI is InChI=1S/C21H26ClN3O3S/c1-17-5-3-4-6-18(17)15-25(16-21(26)24-13-11-23(2)12-14-24)29(27,28)20-9-7-19(22)8-10-20/h3-10H,11-16H2,1-2H3/p+1. The van der Waals surface area contributed by atoms with Gasteiger partial charge in [0, 0.05) is 11.6 Å². The topological polar surface area (TPSA) is 62.1 Å². The van der Waals surface area contributed by atoms with E-state index in [1.807, 2.05) is 31.2 Å². The van der Waals surface area contributed by atoms with E-state index in [0.29, 0.717) is 18.1 Å². The molecule has 6 nitrogen and oxygen atoms in total. The van der Waals surface area contributed by atoms with Crippen LogP contribution in [0.5, 0.6) is 0 Å². The lowest BCUT2D eigenvalue weighted by molar-refractivity contribution is -0.883. The highest BCUT2D eigenvalue weighted by atomic mass is 35.5. The van der Waals surface area contributed by atoms with E-state index >= 15 is 0 Å². The average molecular weight is 437 g/mol. The molecule has 0 atom stereocenters. The SMILES string of the molecule is Cc1ccccc1CN(CC(=O)N1CC[NH+](C)CC1)S(=O)(=O)c1ccc(Cl)cc1. The molecule has 1 aliphatic rings. The van der Waals surface area contributed by atoms with E-state index in [1.165, 1.54) is 21.3 Å². The van der Waals surface area contributed by atoms with E-state index in [4.69, 9.17) is 11.6 Å². The average Bonchev–Trinajstić information content (AvgIpc) is 2.70. The van der Waals surface area contributed by atoms with Crippen LogP contribution < -0.4 is 4.90 Å². The number of hydrogen-bond donors (Lipinski definition) is 1. The van der Waals surface area contributed by atoms with Crippen molar-refractivity contribution in [2.24, 2.45) is 0 Å². The number of nitrogens with zero attached hydrogens (tertiary/aromatic N) is 2. The van der Waals surface area contributed by atoms with Gasteiger partial charge < -0.3 is 9.80 Å². The highest BCUT2D eigenvalue weighted by Gasteiger charge is 2.30. The van der Waals surface area contributed by atoms with Gasteiger partial charge in [0.15, 0.2) is 0 Å². The fourth-order valence-electron chi connectivity index (χ4n) is 3.35. The fourth-order valence-corrected chi connectivity index (χ4v) is 4.84. The Morgan fingerprint density at radius 2 is 1.72 bits per heavy atom. The highest BCUT2D eigenvalue weighted by Crippen LogP contribution is 2.22. The molecular formula is C21H27ClN3O3S+. The number of likely N-dealkylation sites (N-methyl/N-ethyl adjacent to an activating group) is 1. The largest absolute Gasteiger partial charge is 0.334 e. The lowest BCUT2D eigenvalue weighted by Gasteiger charge is -2.32. The van der Waals surface area contributed by atoms with Crippen LogP contribution in [0.2, 0.25) is 5.02 Å². The number of carbonyl (C=O) groups is 1. The second-order valence-electron chi connectivity index (χ2n) is 7.49. The van der Waals surface area contributed by atoms with Crippen molar-refractivity contribution in [2.75, 3.05) is 39.8 Å². The highest BCUT2D eigenvalue weighted by molar-refractivity contribution is 7.89. The third-order valence-electron chi connectivity index (χ3n) is 5.34. The Balaban J connectivity index is 1.88. The number of carbonyl (C=O) groups excluding carboxylic acids is 1. The van der Waals surface area contributed by atoms with Crippen molar-refractivity contribution < 1.29 is 18.1 Å². The Morgan fingerprint density at radius 1 is 1.10 bits per heavy atom. The first-order valence-electron chi connectivity index (χ1n) is 9.66. The Hall–Kier alpha value is -1.93. The lowest BCUT2D eigenvalue weighted by atomic mass is 10.1. The first-order valence-corrected chi connectivity index (χ1v) is 11.5. The van der Waals surface area contributed by atoms with Crippen LogP contribution in [-0.2, 0) is 21.4 Å². The lowest BCUT2D eigenvalue weighted by Crippen LogP contribution is -3.12. The summed E-state index contributed by atoms with van der Waals surface area (Å²) < 4.78 is 27.9. The normalized spacial score (nSPS) is 15.7. The summed E-state index contributed by atoms with van der Waals surface area (Å²) in [7, 11) is -1.76. The van der Waals surface area contributed by atoms with Gasteiger partial charge in [0.25, 0.3) is 0 Å². The summed E-state index contributed by atoms with van der Waals surface area (Å²) in [6.07, 6.45) is 0. The summed E-state index contributed by atoms with van der Waals surface area (Å²) in [6.45, 7) is 4.92. The van der Waals surface area contributed by atoms with Crippen molar-refractivity contribution >= 4 is 27.5 Å². The number of aryl methyl sites for hydroxylation is 1. The predicted octanol–water partition coefficient (Wildman–Crippen LogP) is 1.20. The molecule has 2 aromatic carbocycles. The maximum atomic E-state index is 13.3. The molecule has 3 rings (SSSR count). The third kappa shape index (κ3) is 5.36. The van der Waals surface area contributed by atoms with Crippen LogP contribution in [-0.4, -0.2) is 63.3 Å². The van der Waals surface area contributed by atoms with Crippen LogP contribution in [0.3, 0.4) is 0 Å². The molecule has 2 aromatic rings. The van der Waals surface area contributed by atoms with Gasteiger partial charge >= 0.3 is 0 Å². The van der Waals surface area contributed by atoms with Crippen LogP contribution in [0.25, 0.3) is 0 Å². The quantitative estimate of drug-likeness (QED) is 0.740. The number of rotatable bonds is 6. The number of halogens is 1. The van der Waals surface area contributed by atoms with Gasteiger partial charge in [-0.05, 0) is 42.3 Å². The molecule has 0 unspecified atom stereocenters. The summed E-state index contributed by atoms with van der Waals surface area (Å²) in [5.74, 6) is -0.163. The minimum atomic E-state index is -3.86. The molecule has 0 bridgehead atoms. The molecule has 0 saturated carbocycles. The monoisotopic (exact) mass is 436 g/mol. The minimum Gasteiger partial charge on any atom is -0.334 e. The molecule has 1 heterocycles. The number of sulfonamides is 1. The number of amides is 1. The second kappa shape index (κ2) is 9.26. The van der Waals surface area contributed by atoms with Gasteiger partial charge in [0.05, 0.1) is 44.7 Å². The molecule has 0 spiro atoms. The predicted molar refractivity (Wildman–Crippen MR) is 113 cm³/mol. The van der Waals surface area contributed by atoms with E-state index in [-0.39, 0.29) is 23.9 Å². The van der Waals surface area contributed by atoms with Gasteiger partial charge in [-0.25, -0.2) is 8.42 Å². The van der Waals surface area contributed by atoms with E-state index in [0.717, 1.165) is 24.2 Å². The van der Waals surface area contributed by atoms with Crippen LogP contribution >= 0.6 is 11.6 Å². The van der Waals surface area contributed by atoms with E-state index < -0.39 is 10.0 Å². The molecule has 8 heteroatoms. The van der Waals surface area contributed by atoms with E-state index in [2.05, 4.69) is 7.05 Å². The van der Waals surface area contributed by atoms with Gasteiger partial charge in [-0.3, -0.25) is 4.79 Å². The third-order valence-corrected chi connectivity index (χ3v) is 7.40. The number of benzene rings is 2. The van der Waals surface area contributed by atoms with E-state index in [9.17, 15) is 13.2 Å². The summed E-state index contributed by atoms with van der Waals surface area (Å²) in [5, 5.41) is 0.463. The molecular weight excluding hydrogens is 410 g/mol. The van der Waals surface area contributed by atoms with Crippen LogP contribution in [0, 0.1) is 6.92 Å². The summed E-state index contributed by atoms with van der Waals surface area (Å²) in [6, 6.07) is 13.7. The first-order chi connectivity index (χ1) is 13.8. The second-order valence-corrected chi connectivity index (χ2v) is 9.87. The molecule has 1 fully saturated rings. The smallest absolute Gasteiger partial charge is 0.243 e. The molecule has 156 valence electrons. The maximum absolute atomic E-state index is 13.3. The van der Waals surface area contributed by atoms with Crippen LogP contribution in [0.15, 0.2) is 53.4 Å². The number of nitrogens with one attached hydrogen (secondary N) is 1. The molecule has 1 aliphatic heterocycles. The molecule has 1 saturated heterocycles. The van der Waals surface area contributed by atoms with Gasteiger partial charge in [0.1, 0.15) is 0 Å². The van der Waals surface area contributed by atoms with Gasteiger partial charge in [-0.1, -0.05) is 35.9 Å². The summed E-state index contributed by atoms with van der Waals surface area (Å²) in [5.41, 5.74) is 1.86. The molecule has 0 radical (unpaired) electrons. The van der Waals surface area contributed by atoms with Crippen LogP contribution in [0.1, 0.15) is 11.1 Å². The first kappa shape index (κ1) is 21.8. The van der Waals surface area contributed by atoms with Gasteiger partial charge in [0.2, 0.25) is 15.9 Å². The van der Waals surface area contributed by atoms with Crippen molar-refractivity contribution in [3.05, 3.63) is 64.7 Å². The van der Waals surface area contributed by atoms with Crippen molar-refractivity contribution in [1.82, 2.24) is 9.21 Å². The van der Waals surface area contributed by atoms with E-state index in [1.54, 1.807) is 17.0 Å². The summed E-state index contributed by atoms with van der Waals surface area (Å²) >= 11 is 5.92. The van der Waals surface area contributed by atoms with Crippen LogP contribution in [0.4, 0.5) is 0 Å². The van der Waals surface area contributed by atoms with Crippen molar-refractivity contribution in [2.45, 2.75) is 18.4 Å². The van der Waals surface area contributed by atoms with Crippen molar-refractivity contribution in [3.8, 4) is 0 Å². The zero-order chi connectivity index (χ0) is 21.0. The van der Waals surface area contributed by atoms with Gasteiger partial charge in [-0.15, -0.1) is 0 Å². The zero-order valence-corrected chi connectivity index (χ0v) is 18.3. The van der Waals surface area contributed by atoms with Gasteiger partial charge in [-0.2, -0.15) is 4.31 Å². The maximum Gasteiger partial charge on any atom is 0.243 e. The Kier molecular flexibility index (Phi) is 6.95. The Labute approximate surface area is 177 Å². The van der Waals surface area contributed by atoms with Crippen molar-refractivity contribution in [3.63, 3.8) is 0 Å². The molecule has 0 aliphatic carbocycles. The fraction of sp³-hybridized carbons (Fsp3) is 0.381. The Morgan fingerprint density at radius 3 is 2.34 bits per heavy atom.